The van der Waals surface area contributed by atoms with E-state index in [1.807, 2.05) is 25.1 Å². The standard InChI is InChI=1S/C15H15BrN2O2/c1-10-3-5-12(14(16)7-10)9-17-13-6-4-11(2)15(8-13)18(19)20/h3-8,17H,9H2,1-2H3. The predicted octanol–water partition coefficient (Wildman–Crippen LogP) is 4.59. The van der Waals surface area contributed by atoms with E-state index < -0.39 is 0 Å². The van der Waals surface area contributed by atoms with Crippen molar-refractivity contribution in [3.63, 3.8) is 0 Å². The summed E-state index contributed by atoms with van der Waals surface area (Å²) in [4.78, 5) is 10.6. The molecule has 1 N–H and O–H groups in total. The van der Waals surface area contributed by atoms with Crippen molar-refractivity contribution in [3.8, 4) is 0 Å². The minimum absolute atomic E-state index is 0.137. The van der Waals surface area contributed by atoms with E-state index in [2.05, 4.69) is 27.3 Å². The molecule has 2 aromatic rings. The molecule has 0 unspecified atom stereocenters. The van der Waals surface area contributed by atoms with Crippen LogP contribution in [0.3, 0.4) is 0 Å². The average Bonchev–Trinajstić information content (AvgIpc) is 2.39. The molecule has 0 saturated carbocycles. The zero-order valence-electron chi connectivity index (χ0n) is 11.3. The summed E-state index contributed by atoms with van der Waals surface area (Å²) in [6, 6.07) is 11.3. The summed E-state index contributed by atoms with van der Waals surface area (Å²) in [7, 11) is 0. The first-order valence-corrected chi connectivity index (χ1v) is 7.00. The van der Waals surface area contributed by atoms with Crippen LogP contribution in [0.4, 0.5) is 11.4 Å². The Morgan fingerprint density at radius 1 is 1.20 bits per heavy atom. The van der Waals surface area contributed by atoms with Gasteiger partial charge in [0.2, 0.25) is 0 Å². The van der Waals surface area contributed by atoms with Crippen molar-refractivity contribution >= 4 is 27.3 Å². The maximum absolute atomic E-state index is 10.9. The maximum atomic E-state index is 10.9. The van der Waals surface area contributed by atoms with Gasteiger partial charge in [0.25, 0.3) is 5.69 Å². The molecule has 2 aromatic carbocycles. The Kier molecular flexibility index (Phi) is 4.39. The first-order valence-electron chi connectivity index (χ1n) is 6.21. The highest BCUT2D eigenvalue weighted by Crippen LogP contribution is 2.24. The molecule has 5 heteroatoms. The van der Waals surface area contributed by atoms with E-state index in [4.69, 9.17) is 0 Å². The fraction of sp³-hybridized carbons (Fsp3) is 0.200. The molecule has 0 radical (unpaired) electrons. The van der Waals surface area contributed by atoms with E-state index in [0.29, 0.717) is 12.1 Å². The lowest BCUT2D eigenvalue weighted by Crippen LogP contribution is -2.01. The van der Waals surface area contributed by atoms with Gasteiger partial charge in [-0.15, -0.1) is 0 Å². The molecule has 0 saturated heterocycles. The van der Waals surface area contributed by atoms with Gasteiger partial charge in [-0.1, -0.05) is 34.1 Å². The summed E-state index contributed by atoms with van der Waals surface area (Å²) in [6.07, 6.45) is 0. The second-order valence-corrected chi connectivity index (χ2v) is 5.56. The Labute approximate surface area is 126 Å². The Morgan fingerprint density at radius 2 is 1.95 bits per heavy atom. The maximum Gasteiger partial charge on any atom is 0.274 e. The van der Waals surface area contributed by atoms with Gasteiger partial charge in [-0.3, -0.25) is 10.1 Å². The molecule has 0 bridgehead atoms. The molecule has 0 fully saturated rings. The number of anilines is 1. The summed E-state index contributed by atoms with van der Waals surface area (Å²) in [5.74, 6) is 0. The fourth-order valence-electron chi connectivity index (χ4n) is 1.91. The van der Waals surface area contributed by atoms with E-state index in [9.17, 15) is 10.1 Å². The first kappa shape index (κ1) is 14.5. The number of rotatable bonds is 4. The summed E-state index contributed by atoms with van der Waals surface area (Å²) >= 11 is 3.52. The quantitative estimate of drug-likeness (QED) is 0.657. The van der Waals surface area contributed by atoms with Crippen molar-refractivity contribution in [1.82, 2.24) is 0 Å². The predicted molar refractivity (Wildman–Crippen MR) is 84.0 cm³/mol. The van der Waals surface area contributed by atoms with Crippen molar-refractivity contribution < 1.29 is 4.92 Å². The van der Waals surface area contributed by atoms with Crippen LogP contribution in [0.15, 0.2) is 40.9 Å². The smallest absolute Gasteiger partial charge is 0.274 e. The topological polar surface area (TPSA) is 55.2 Å². The number of nitro benzene ring substituents is 1. The lowest BCUT2D eigenvalue weighted by molar-refractivity contribution is -0.385. The van der Waals surface area contributed by atoms with Crippen LogP contribution >= 0.6 is 15.9 Å². The fourth-order valence-corrected chi connectivity index (χ4v) is 2.54. The first-order chi connectivity index (χ1) is 9.47. The molecule has 2 rings (SSSR count). The summed E-state index contributed by atoms with van der Waals surface area (Å²) in [6.45, 7) is 4.38. The molecule has 0 aromatic heterocycles. The Morgan fingerprint density at radius 3 is 2.60 bits per heavy atom. The van der Waals surface area contributed by atoms with Crippen LogP contribution < -0.4 is 5.32 Å². The lowest BCUT2D eigenvalue weighted by Gasteiger charge is -2.09. The van der Waals surface area contributed by atoms with Crippen LogP contribution in [0, 0.1) is 24.0 Å². The van der Waals surface area contributed by atoms with Crippen molar-refractivity contribution in [2.75, 3.05) is 5.32 Å². The normalized spacial score (nSPS) is 10.3. The van der Waals surface area contributed by atoms with Gasteiger partial charge < -0.3 is 5.32 Å². The van der Waals surface area contributed by atoms with Gasteiger partial charge in [0.05, 0.1) is 4.92 Å². The Balaban J connectivity index is 2.15. The third kappa shape index (κ3) is 3.36. The van der Waals surface area contributed by atoms with Crippen LogP contribution in [-0.4, -0.2) is 4.92 Å². The van der Waals surface area contributed by atoms with Gasteiger partial charge >= 0.3 is 0 Å². The molecular formula is C15H15BrN2O2. The third-order valence-corrected chi connectivity index (χ3v) is 3.84. The van der Waals surface area contributed by atoms with Crippen molar-refractivity contribution in [3.05, 3.63) is 67.7 Å². The Bertz CT molecular complexity index is 656. The van der Waals surface area contributed by atoms with Crippen LogP contribution in [-0.2, 0) is 6.54 Å². The molecule has 0 aliphatic carbocycles. The molecule has 20 heavy (non-hydrogen) atoms. The van der Waals surface area contributed by atoms with E-state index in [1.54, 1.807) is 19.1 Å². The highest BCUT2D eigenvalue weighted by atomic mass is 79.9. The summed E-state index contributed by atoms with van der Waals surface area (Å²) in [5, 5.41) is 14.1. The number of nitrogens with one attached hydrogen (secondary N) is 1. The van der Waals surface area contributed by atoms with E-state index in [0.717, 1.165) is 15.7 Å². The molecule has 0 spiro atoms. The molecule has 0 aliphatic rings. The highest BCUT2D eigenvalue weighted by Gasteiger charge is 2.10. The molecule has 0 amide bonds. The minimum atomic E-state index is -0.359. The number of benzene rings is 2. The molecule has 104 valence electrons. The summed E-state index contributed by atoms with van der Waals surface area (Å²) < 4.78 is 1.03. The number of aryl methyl sites for hydroxylation is 2. The third-order valence-electron chi connectivity index (χ3n) is 3.10. The monoisotopic (exact) mass is 334 g/mol. The average molecular weight is 335 g/mol. The van der Waals surface area contributed by atoms with Gasteiger partial charge in [0.15, 0.2) is 0 Å². The largest absolute Gasteiger partial charge is 0.381 e. The highest BCUT2D eigenvalue weighted by molar-refractivity contribution is 9.10. The van der Waals surface area contributed by atoms with Gasteiger partial charge in [0.1, 0.15) is 0 Å². The van der Waals surface area contributed by atoms with Gasteiger partial charge in [0, 0.05) is 28.3 Å². The second kappa shape index (κ2) is 6.05. The van der Waals surface area contributed by atoms with Gasteiger partial charge in [-0.2, -0.15) is 0 Å². The Hall–Kier alpha value is -1.88. The minimum Gasteiger partial charge on any atom is -0.381 e. The zero-order chi connectivity index (χ0) is 14.7. The lowest BCUT2D eigenvalue weighted by atomic mass is 10.1. The molecule has 0 aliphatic heterocycles. The van der Waals surface area contributed by atoms with Crippen molar-refractivity contribution in [2.45, 2.75) is 20.4 Å². The molecule has 0 atom stereocenters. The van der Waals surface area contributed by atoms with Crippen LogP contribution in [0.5, 0.6) is 0 Å². The molecule has 4 nitrogen and oxygen atoms in total. The van der Waals surface area contributed by atoms with Crippen LogP contribution in [0.2, 0.25) is 0 Å². The van der Waals surface area contributed by atoms with E-state index in [1.165, 1.54) is 5.56 Å². The van der Waals surface area contributed by atoms with Gasteiger partial charge in [-0.25, -0.2) is 0 Å². The van der Waals surface area contributed by atoms with Crippen molar-refractivity contribution in [1.29, 1.82) is 0 Å². The van der Waals surface area contributed by atoms with Gasteiger partial charge in [-0.05, 0) is 37.1 Å². The molecular weight excluding hydrogens is 320 g/mol. The number of nitro groups is 1. The molecule has 0 heterocycles. The SMILES string of the molecule is Cc1ccc(CNc2ccc(C)c([N+](=O)[O-])c2)c(Br)c1. The van der Waals surface area contributed by atoms with Crippen LogP contribution in [0.1, 0.15) is 16.7 Å². The number of nitrogens with zero attached hydrogens (tertiary/aromatic N) is 1. The summed E-state index contributed by atoms with van der Waals surface area (Å²) in [5.41, 5.74) is 3.84. The van der Waals surface area contributed by atoms with E-state index >= 15 is 0 Å². The van der Waals surface area contributed by atoms with Crippen molar-refractivity contribution in [2.24, 2.45) is 0 Å². The second-order valence-electron chi connectivity index (χ2n) is 4.71. The zero-order valence-corrected chi connectivity index (χ0v) is 12.9. The van der Waals surface area contributed by atoms with Crippen LogP contribution in [0.25, 0.3) is 0 Å². The number of hydrogen-bond donors (Lipinski definition) is 1. The number of hydrogen-bond acceptors (Lipinski definition) is 3. The number of halogens is 1. The van der Waals surface area contributed by atoms with E-state index in [-0.39, 0.29) is 10.6 Å².